The second-order valence-electron chi connectivity index (χ2n) is 4.60. The number of imidazole rings is 1. The summed E-state index contributed by atoms with van der Waals surface area (Å²) in [5.41, 5.74) is 4.33. The van der Waals surface area contributed by atoms with Crippen LogP contribution in [-0.4, -0.2) is 29.5 Å². The normalized spacial score (nSPS) is 12.2. The first-order chi connectivity index (χ1) is 8.43. The van der Waals surface area contributed by atoms with Crippen LogP contribution < -0.4 is 0 Å². The van der Waals surface area contributed by atoms with Gasteiger partial charge in [0.15, 0.2) is 9.84 Å². The standard InChI is InChI=1S/C13H18N2O2S/c1-4-18(16,17)6-5-15-9-14-12-7-10(2)11(3)8-13(12)15/h7-9H,4-6H2,1-3H3. The van der Waals surface area contributed by atoms with Crippen molar-refractivity contribution in [2.24, 2.45) is 0 Å². The van der Waals surface area contributed by atoms with Crippen LogP contribution >= 0.6 is 0 Å². The molecule has 0 aliphatic rings. The van der Waals surface area contributed by atoms with Gasteiger partial charge in [0, 0.05) is 12.3 Å². The van der Waals surface area contributed by atoms with Crippen molar-refractivity contribution in [3.63, 3.8) is 0 Å². The van der Waals surface area contributed by atoms with Crippen molar-refractivity contribution >= 4 is 20.9 Å². The van der Waals surface area contributed by atoms with Crippen LogP contribution in [-0.2, 0) is 16.4 Å². The average Bonchev–Trinajstić information content (AvgIpc) is 2.70. The van der Waals surface area contributed by atoms with Crippen LogP contribution in [0.3, 0.4) is 0 Å². The first-order valence-corrected chi connectivity index (χ1v) is 7.87. The second kappa shape index (κ2) is 4.72. The number of sulfone groups is 1. The predicted molar refractivity (Wildman–Crippen MR) is 73.5 cm³/mol. The number of aryl methyl sites for hydroxylation is 3. The molecule has 2 rings (SSSR count). The molecule has 0 aliphatic heterocycles. The fraction of sp³-hybridized carbons (Fsp3) is 0.462. The van der Waals surface area contributed by atoms with Crippen LogP contribution in [0.2, 0.25) is 0 Å². The van der Waals surface area contributed by atoms with E-state index in [2.05, 4.69) is 24.9 Å². The van der Waals surface area contributed by atoms with Crippen molar-refractivity contribution < 1.29 is 8.42 Å². The van der Waals surface area contributed by atoms with E-state index in [0.717, 1.165) is 11.0 Å². The minimum absolute atomic E-state index is 0.169. The molecular formula is C13H18N2O2S. The molecular weight excluding hydrogens is 248 g/mol. The van der Waals surface area contributed by atoms with Crippen LogP contribution in [0.5, 0.6) is 0 Å². The first kappa shape index (κ1) is 13.1. The van der Waals surface area contributed by atoms with Gasteiger partial charge in [0.05, 0.1) is 23.1 Å². The van der Waals surface area contributed by atoms with E-state index in [1.807, 2.05) is 10.6 Å². The third-order valence-corrected chi connectivity index (χ3v) is 5.00. The van der Waals surface area contributed by atoms with Gasteiger partial charge in [0.25, 0.3) is 0 Å². The van der Waals surface area contributed by atoms with Crippen molar-refractivity contribution in [2.45, 2.75) is 27.3 Å². The number of rotatable bonds is 4. The molecule has 0 saturated heterocycles. The highest BCUT2D eigenvalue weighted by atomic mass is 32.2. The van der Waals surface area contributed by atoms with Crippen LogP contribution in [0.1, 0.15) is 18.1 Å². The van der Waals surface area contributed by atoms with Crippen molar-refractivity contribution in [1.29, 1.82) is 0 Å². The van der Waals surface area contributed by atoms with E-state index in [4.69, 9.17) is 0 Å². The van der Waals surface area contributed by atoms with Crippen LogP contribution in [0.4, 0.5) is 0 Å². The van der Waals surface area contributed by atoms with Gasteiger partial charge >= 0.3 is 0 Å². The fourth-order valence-corrected chi connectivity index (χ4v) is 2.64. The summed E-state index contributed by atoms with van der Waals surface area (Å²) in [6.07, 6.45) is 1.72. The van der Waals surface area contributed by atoms with Gasteiger partial charge in [-0.2, -0.15) is 0 Å². The van der Waals surface area contributed by atoms with E-state index in [1.165, 1.54) is 11.1 Å². The van der Waals surface area contributed by atoms with E-state index in [1.54, 1.807) is 13.3 Å². The summed E-state index contributed by atoms with van der Waals surface area (Å²) in [6.45, 7) is 6.24. The SMILES string of the molecule is CCS(=O)(=O)CCn1cnc2cc(C)c(C)cc21. The summed E-state index contributed by atoms with van der Waals surface area (Å²) in [5, 5.41) is 0. The molecule has 5 heteroatoms. The van der Waals surface area contributed by atoms with Crippen molar-refractivity contribution in [2.75, 3.05) is 11.5 Å². The minimum Gasteiger partial charge on any atom is -0.330 e. The number of benzene rings is 1. The second-order valence-corrected chi connectivity index (χ2v) is 7.07. The number of hydrogen-bond acceptors (Lipinski definition) is 3. The lowest BCUT2D eigenvalue weighted by Gasteiger charge is -2.06. The molecule has 4 nitrogen and oxygen atoms in total. The molecule has 0 radical (unpaired) electrons. The largest absolute Gasteiger partial charge is 0.330 e. The quantitative estimate of drug-likeness (QED) is 0.851. The van der Waals surface area contributed by atoms with E-state index in [9.17, 15) is 8.42 Å². The monoisotopic (exact) mass is 266 g/mol. The van der Waals surface area contributed by atoms with E-state index < -0.39 is 9.84 Å². The maximum Gasteiger partial charge on any atom is 0.151 e. The Kier molecular flexibility index (Phi) is 3.43. The zero-order chi connectivity index (χ0) is 13.3. The summed E-state index contributed by atoms with van der Waals surface area (Å²) in [7, 11) is -2.93. The maximum absolute atomic E-state index is 11.5. The smallest absolute Gasteiger partial charge is 0.151 e. The Bertz CT molecular complexity index is 672. The maximum atomic E-state index is 11.5. The van der Waals surface area contributed by atoms with Gasteiger partial charge in [0.2, 0.25) is 0 Å². The Morgan fingerprint density at radius 1 is 1.22 bits per heavy atom. The van der Waals surface area contributed by atoms with E-state index in [-0.39, 0.29) is 11.5 Å². The highest BCUT2D eigenvalue weighted by molar-refractivity contribution is 7.91. The third-order valence-electron chi connectivity index (χ3n) is 3.32. The third kappa shape index (κ3) is 2.56. The Hall–Kier alpha value is -1.36. The van der Waals surface area contributed by atoms with Crippen molar-refractivity contribution in [3.8, 4) is 0 Å². The summed E-state index contributed by atoms with van der Waals surface area (Å²) >= 11 is 0. The van der Waals surface area contributed by atoms with Gasteiger partial charge in [-0.25, -0.2) is 13.4 Å². The Morgan fingerprint density at radius 3 is 2.56 bits per heavy atom. The molecule has 0 unspecified atom stereocenters. The summed E-state index contributed by atoms with van der Waals surface area (Å²) in [5.74, 6) is 0.361. The Balaban J connectivity index is 2.33. The Morgan fingerprint density at radius 2 is 1.89 bits per heavy atom. The average molecular weight is 266 g/mol. The molecule has 0 amide bonds. The molecule has 98 valence electrons. The lowest BCUT2D eigenvalue weighted by atomic mass is 10.1. The molecule has 1 aromatic heterocycles. The summed E-state index contributed by atoms with van der Waals surface area (Å²) in [6, 6.07) is 4.10. The molecule has 18 heavy (non-hydrogen) atoms. The van der Waals surface area contributed by atoms with Crippen LogP contribution in [0.25, 0.3) is 11.0 Å². The zero-order valence-electron chi connectivity index (χ0n) is 11.0. The molecule has 0 fully saturated rings. The molecule has 1 aromatic carbocycles. The number of fused-ring (bicyclic) bond motifs is 1. The fourth-order valence-electron chi connectivity index (χ4n) is 1.87. The molecule has 0 aliphatic carbocycles. The molecule has 0 N–H and O–H groups in total. The summed E-state index contributed by atoms with van der Waals surface area (Å²) < 4.78 is 24.9. The minimum atomic E-state index is -2.93. The molecule has 0 saturated carbocycles. The van der Waals surface area contributed by atoms with Crippen LogP contribution in [0, 0.1) is 13.8 Å². The Labute approximate surface area is 108 Å². The molecule has 0 bridgehead atoms. The van der Waals surface area contributed by atoms with Gasteiger partial charge in [0.1, 0.15) is 0 Å². The van der Waals surface area contributed by atoms with Crippen molar-refractivity contribution in [1.82, 2.24) is 9.55 Å². The number of aromatic nitrogens is 2. The number of hydrogen-bond donors (Lipinski definition) is 0. The molecule has 2 aromatic rings. The first-order valence-electron chi connectivity index (χ1n) is 6.05. The number of nitrogens with zero attached hydrogens (tertiary/aromatic N) is 2. The van der Waals surface area contributed by atoms with E-state index >= 15 is 0 Å². The zero-order valence-corrected chi connectivity index (χ0v) is 11.8. The highest BCUT2D eigenvalue weighted by Crippen LogP contribution is 2.18. The predicted octanol–water partition coefficient (Wildman–Crippen LogP) is 2.09. The van der Waals surface area contributed by atoms with Gasteiger partial charge in [-0.1, -0.05) is 6.92 Å². The van der Waals surface area contributed by atoms with E-state index in [0.29, 0.717) is 6.54 Å². The van der Waals surface area contributed by atoms with Gasteiger partial charge in [-0.05, 0) is 37.1 Å². The van der Waals surface area contributed by atoms with Gasteiger partial charge < -0.3 is 4.57 Å². The molecule has 0 spiro atoms. The molecule has 1 heterocycles. The lowest BCUT2D eigenvalue weighted by molar-refractivity contribution is 0.591. The van der Waals surface area contributed by atoms with Gasteiger partial charge in [-0.15, -0.1) is 0 Å². The summed E-state index contributed by atoms with van der Waals surface area (Å²) in [4.78, 5) is 4.32. The topological polar surface area (TPSA) is 52.0 Å². The molecule has 0 atom stereocenters. The van der Waals surface area contributed by atoms with Gasteiger partial charge in [-0.3, -0.25) is 0 Å². The van der Waals surface area contributed by atoms with Crippen molar-refractivity contribution in [3.05, 3.63) is 29.6 Å². The van der Waals surface area contributed by atoms with Crippen LogP contribution in [0.15, 0.2) is 18.5 Å². The highest BCUT2D eigenvalue weighted by Gasteiger charge is 2.10. The lowest BCUT2D eigenvalue weighted by Crippen LogP contribution is -2.14.